The summed E-state index contributed by atoms with van der Waals surface area (Å²) in [6, 6.07) is 11.4. The van der Waals surface area contributed by atoms with Gasteiger partial charge >= 0.3 is 0 Å². The zero-order chi connectivity index (χ0) is 13.8. The Hall–Kier alpha value is -1.87. The Kier molecular flexibility index (Phi) is 4.17. The first kappa shape index (κ1) is 13.6. The van der Waals surface area contributed by atoms with Gasteiger partial charge in [-0.15, -0.1) is 0 Å². The molecule has 0 heterocycles. The summed E-state index contributed by atoms with van der Waals surface area (Å²) in [6.45, 7) is 1.74. The zero-order valence-electron chi connectivity index (χ0n) is 10.4. The number of carbonyl (C=O) groups is 1. The van der Waals surface area contributed by atoms with Crippen molar-refractivity contribution in [1.29, 1.82) is 0 Å². The highest BCUT2D eigenvalue weighted by atomic mass is 35.5. The number of rotatable bonds is 3. The van der Waals surface area contributed by atoms with Gasteiger partial charge in [-0.25, -0.2) is 4.39 Å². The first-order valence-electron chi connectivity index (χ1n) is 5.85. The van der Waals surface area contributed by atoms with E-state index in [1.54, 1.807) is 25.1 Å². The summed E-state index contributed by atoms with van der Waals surface area (Å²) in [4.78, 5) is 11.9. The van der Waals surface area contributed by atoms with Gasteiger partial charge in [-0.1, -0.05) is 29.8 Å². The third kappa shape index (κ3) is 3.55. The highest BCUT2D eigenvalue weighted by Crippen LogP contribution is 2.18. The predicted octanol–water partition coefficient (Wildman–Crippen LogP) is 3.97. The molecule has 0 spiro atoms. The lowest BCUT2D eigenvalue weighted by atomic mass is 10.1. The highest BCUT2D eigenvalue weighted by Gasteiger charge is 2.08. The molecule has 0 bridgehead atoms. The fourth-order valence-electron chi connectivity index (χ4n) is 1.78. The Bertz CT molecular complexity index is 613. The zero-order valence-corrected chi connectivity index (χ0v) is 11.2. The van der Waals surface area contributed by atoms with E-state index in [9.17, 15) is 9.18 Å². The smallest absolute Gasteiger partial charge is 0.228 e. The van der Waals surface area contributed by atoms with Crippen molar-refractivity contribution in [2.45, 2.75) is 13.3 Å². The van der Waals surface area contributed by atoms with Crippen LogP contribution >= 0.6 is 11.6 Å². The molecule has 0 aliphatic heterocycles. The molecule has 0 saturated carbocycles. The summed E-state index contributed by atoms with van der Waals surface area (Å²) in [5, 5.41) is 3.31. The number of hydrogen-bond donors (Lipinski definition) is 1. The van der Waals surface area contributed by atoms with Crippen LogP contribution in [0.1, 0.15) is 11.1 Å². The SMILES string of the molecule is Cc1cc(F)ccc1NC(=O)Cc1ccccc1Cl. The lowest BCUT2D eigenvalue weighted by Crippen LogP contribution is -2.15. The normalized spacial score (nSPS) is 10.3. The third-order valence-electron chi connectivity index (χ3n) is 2.77. The van der Waals surface area contributed by atoms with E-state index >= 15 is 0 Å². The molecule has 98 valence electrons. The summed E-state index contributed by atoms with van der Waals surface area (Å²) >= 11 is 5.99. The monoisotopic (exact) mass is 277 g/mol. The van der Waals surface area contributed by atoms with E-state index < -0.39 is 0 Å². The average Bonchev–Trinajstić information content (AvgIpc) is 2.36. The Morgan fingerprint density at radius 1 is 1.26 bits per heavy atom. The number of nitrogens with one attached hydrogen (secondary N) is 1. The topological polar surface area (TPSA) is 29.1 Å². The van der Waals surface area contributed by atoms with Crippen molar-refractivity contribution in [2.24, 2.45) is 0 Å². The molecule has 0 radical (unpaired) electrons. The summed E-state index contributed by atoms with van der Waals surface area (Å²) in [7, 11) is 0. The number of anilines is 1. The summed E-state index contributed by atoms with van der Waals surface area (Å²) in [5.74, 6) is -0.496. The number of benzene rings is 2. The van der Waals surface area contributed by atoms with Crippen LogP contribution in [0.5, 0.6) is 0 Å². The number of carbonyl (C=O) groups excluding carboxylic acids is 1. The second kappa shape index (κ2) is 5.85. The molecule has 2 nitrogen and oxygen atoms in total. The molecule has 0 aliphatic carbocycles. The molecule has 0 fully saturated rings. The fourth-order valence-corrected chi connectivity index (χ4v) is 1.98. The largest absolute Gasteiger partial charge is 0.326 e. The van der Waals surface area contributed by atoms with Gasteiger partial charge in [-0.2, -0.15) is 0 Å². The molecule has 2 aromatic rings. The van der Waals surface area contributed by atoms with Crippen LogP contribution in [0.25, 0.3) is 0 Å². The van der Waals surface area contributed by atoms with Crippen LogP contribution < -0.4 is 5.32 Å². The van der Waals surface area contributed by atoms with Gasteiger partial charge in [0.05, 0.1) is 6.42 Å². The van der Waals surface area contributed by atoms with Crippen molar-refractivity contribution >= 4 is 23.2 Å². The summed E-state index contributed by atoms with van der Waals surface area (Å²) in [5.41, 5.74) is 2.06. The van der Waals surface area contributed by atoms with Crippen LogP contribution in [0.15, 0.2) is 42.5 Å². The highest BCUT2D eigenvalue weighted by molar-refractivity contribution is 6.31. The molecule has 0 saturated heterocycles. The number of halogens is 2. The molecule has 0 atom stereocenters. The Morgan fingerprint density at radius 3 is 2.68 bits per heavy atom. The molecule has 2 rings (SSSR count). The first-order valence-corrected chi connectivity index (χ1v) is 6.23. The van der Waals surface area contributed by atoms with Gasteiger partial charge in [0.15, 0.2) is 0 Å². The predicted molar refractivity (Wildman–Crippen MR) is 74.9 cm³/mol. The van der Waals surface area contributed by atoms with Crippen molar-refractivity contribution in [3.63, 3.8) is 0 Å². The van der Waals surface area contributed by atoms with Crippen molar-refractivity contribution in [2.75, 3.05) is 5.32 Å². The second-order valence-electron chi connectivity index (χ2n) is 4.28. The summed E-state index contributed by atoms with van der Waals surface area (Å²) < 4.78 is 13.0. The van der Waals surface area contributed by atoms with Gasteiger partial charge in [0.1, 0.15) is 5.82 Å². The third-order valence-corrected chi connectivity index (χ3v) is 3.14. The Balaban J connectivity index is 2.08. The van der Waals surface area contributed by atoms with Crippen LogP contribution in [0.3, 0.4) is 0 Å². The van der Waals surface area contributed by atoms with Crippen molar-refractivity contribution in [1.82, 2.24) is 0 Å². The molecule has 1 amide bonds. The maximum absolute atomic E-state index is 13.0. The van der Waals surface area contributed by atoms with Crippen LogP contribution in [0.4, 0.5) is 10.1 Å². The van der Waals surface area contributed by atoms with Gasteiger partial charge in [-0.3, -0.25) is 4.79 Å². The standard InChI is InChI=1S/C15H13ClFNO/c1-10-8-12(17)6-7-14(10)18-15(19)9-11-4-2-3-5-13(11)16/h2-8H,9H2,1H3,(H,18,19). The van der Waals surface area contributed by atoms with E-state index in [-0.39, 0.29) is 18.1 Å². The van der Waals surface area contributed by atoms with E-state index in [1.165, 1.54) is 12.1 Å². The number of aryl methyl sites for hydroxylation is 1. The minimum absolute atomic E-state index is 0.178. The lowest BCUT2D eigenvalue weighted by Gasteiger charge is -2.09. The van der Waals surface area contributed by atoms with Gasteiger partial charge < -0.3 is 5.32 Å². The Labute approximate surface area is 116 Å². The summed E-state index contributed by atoms with van der Waals surface area (Å²) in [6.07, 6.45) is 0.191. The van der Waals surface area contributed by atoms with Gasteiger partial charge in [-0.05, 0) is 42.3 Å². The number of amides is 1. The van der Waals surface area contributed by atoms with E-state index in [1.807, 2.05) is 12.1 Å². The molecule has 4 heteroatoms. The second-order valence-corrected chi connectivity index (χ2v) is 4.68. The van der Waals surface area contributed by atoms with Gasteiger partial charge in [0.2, 0.25) is 5.91 Å². The molecular formula is C15H13ClFNO. The van der Waals surface area contributed by atoms with Gasteiger partial charge in [0.25, 0.3) is 0 Å². The average molecular weight is 278 g/mol. The molecule has 0 aliphatic rings. The maximum Gasteiger partial charge on any atom is 0.228 e. The molecule has 0 aromatic heterocycles. The molecule has 1 N–H and O–H groups in total. The van der Waals surface area contributed by atoms with Gasteiger partial charge in [0, 0.05) is 10.7 Å². The van der Waals surface area contributed by atoms with E-state index in [0.717, 1.165) is 5.56 Å². The lowest BCUT2D eigenvalue weighted by molar-refractivity contribution is -0.115. The molecule has 0 unspecified atom stereocenters. The molecule has 2 aromatic carbocycles. The molecule has 19 heavy (non-hydrogen) atoms. The maximum atomic E-state index is 13.0. The van der Waals surface area contributed by atoms with E-state index in [0.29, 0.717) is 16.3 Å². The van der Waals surface area contributed by atoms with Crippen LogP contribution in [-0.4, -0.2) is 5.91 Å². The van der Waals surface area contributed by atoms with Crippen molar-refractivity contribution < 1.29 is 9.18 Å². The van der Waals surface area contributed by atoms with Crippen molar-refractivity contribution in [3.05, 3.63) is 64.4 Å². The van der Waals surface area contributed by atoms with E-state index in [4.69, 9.17) is 11.6 Å². The van der Waals surface area contributed by atoms with Crippen LogP contribution in [0.2, 0.25) is 5.02 Å². The molecular weight excluding hydrogens is 265 g/mol. The minimum atomic E-state index is -0.318. The fraction of sp³-hybridized carbons (Fsp3) is 0.133. The first-order chi connectivity index (χ1) is 9.06. The van der Waals surface area contributed by atoms with E-state index in [2.05, 4.69) is 5.32 Å². The van der Waals surface area contributed by atoms with Crippen LogP contribution in [0, 0.1) is 12.7 Å². The minimum Gasteiger partial charge on any atom is -0.326 e. The Morgan fingerprint density at radius 2 is 2.00 bits per heavy atom. The van der Waals surface area contributed by atoms with Crippen molar-refractivity contribution in [3.8, 4) is 0 Å². The van der Waals surface area contributed by atoms with Crippen LogP contribution in [-0.2, 0) is 11.2 Å². The number of hydrogen-bond acceptors (Lipinski definition) is 1. The quantitative estimate of drug-likeness (QED) is 0.904.